The first-order valence-corrected chi connectivity index (χ1v) is 5.68. The molecule has 80 valence electrons. The molecule has 0 amide bonds. The number of halogens is 1. The lowest BCUT2D eigenvalue weighted by atomic mass is 10.2. The molecular weight excluding hydrogens is 222 g/mol. The fraction of sp³-hybridized carbons (Fsp3) is 0.250. The summed E-state index contributed by atoms with van der Waals surface area (Å²) >= 11 is 6.23. The summed E-state index contributed by atoms with van der Waals surface area (Å²) in [6.07, 6.45) is 6.62. The smallest absolute Gasteiger partial charge is 0.178 e. The van der Waals surface area contributed by atoms with Gasteiger partial charge in [-0.05, 0) is 37.0 Å². The Hall–Kier alpha value is -1.48. The molecule has 0 bridgehead atoms. The van der Waals surface area contributed by atoms with E-state index in [1.165, 1.54) is 5.56 Å². The third kappa shape index (κ3) is 1.57. The van der Waals surface area contributed by atoms with Crippen LogP contribution in [0.2, 0.25) is 5.02 Å². The van der Waals surface area contributed by atoms with Gasteiger partial charge in [0.15, 0.2) is 5.82 Å². The van der Waals surface area contributed by atoms with Crippen LogP contribution in [0.4, 0.5) is 0 Å². The highest BCUT2D eigenvalue weighted by Crippen LogP contribution is 2.30. The lowest BCUT2D eigenvalue weighted by molar-refractivity contribution is 0.899. The third-order valence-corrected chi connectivity index (χ3v) is 3.13. The van der Waals surface area contributed by atoms with Crippen molar-refractivity contribution in [2.24, 2.45) is 0 Å². The van der Waals surface area contributed by atoms with Crippen molar-refractivity contribution in [1.29, 1.82) is 0 Å². The zero-order valence-electron chi connectivity index (χ0n) is 8.65. The summed E-state index contributed by atoms with van der Waals surface area (Å²) in [7, 11) is 0. The highest BCUT2D eigenvalue weighted by atomic mass is 35.5. The van der Waals surface area contributed by atoms with E-state index in [4.69, 9.17) is 11.6 Å². The molecule has 2 aromatic heterocycles. The second kappa shape index (κ2) is 3.83. The van der Waals surface area contributed by atoms with E-state index in [1.54, 1.807) is 18.5 Å². The molecule has 3 nitrogen and oxygen atoms in total. The Labute approximate surface area is 98.5 Å². The van der Waals surface area contributed by atoms with Crippen LogP contribution in [0.15, 0.2) is 24.5 Å². The summed E-state index contributed by atoms with van der Waals surface area (Å²) in [5.74, 6) is 0.638. The van der Waals surface area contributed by atoms with Gasteiger partial charge in [0.1, 0.15) is 5.69 Å². The van der Waals surface area contributed by atoms with Crippen LogP contribution < -0.4 is 0 Å². The number of aromatic nitrogens is 3. The average Bonchev–Trinajstić information content (AvgIpc) is 2.79. The largest absolute Gasteiger partial charge is 0.249 e. The number of nitrogens with zero attached hydrogens (tertiary/aromatic N) is 3. The molecule has 0 radical (unpaired) electrons. The lowest BCUT2D eigenvalue weighted by Crippen LogP contribution is -1.96. The van der Waals surface area contributed by atoms with Gasteiger partial charge in [-0.15, -0.1) is 0 Å². The molecule has 3 rings (SSSR count). The summed E-state index contributed by atoms with van der Waals surface area (Å²) < 4.78 is 0. The first-order valence-electron chi connectivity index (χ1n) is 5.30. The van der Waals surface area contributed by atoms with Gasteiger partial charge in [0.05, 0.1) is 0 Å². The minimum Gasteiger partial charge on any atom is -0.249 e. The van der Waals surface area contributed by atoms with E-state index in [0.29, 0.717) is 5.82 Å². The molecule has 1 aliphatic rings. The SMILES string of the molecule is Clc1cc(-c2ncccn2)nc2c1CCC2. The summed E-state index contributed by atoms with van der Waals surface area (Å²) in [5, 5.41) is 0.796. The molecule has 0 fully saturated rings. The second-order valence-electron chi connectivity index (χ2n) is 3.84. The number of fused-ring (bicyclic) bond motifs is 1. The highest BCUT2D eigenvalue weighted by molar-refractivity contribution is 6.31. The number of hydrogen-bond acceptors (Lipinski definition) is 3. The van der Waals surface area contributed by atoms with E-state index in [-0.39, 0.29) is 0 Å². The molecule has 0 aliphatic heterocycles. The van der Waals surface area contributed by atoms with Crippen LogP contribution >= 0.6 is 11.6 Å². The van der Waals surface area contributed by atoms with Gasteiger partial charge in [-0.1, -0.05) is 11.6 Å². The number of rotatable bonds is 1. The molecule has 0 spiro atoms. The normalized spacial score (nSPS) is 13.8. The molecular formula is C12H10ClN3. The zero-order chi connectivity index (χ0) is 11.0. The Morgan fingerprint density at radius 2 is 1.94 bits per heavy atom. The summed E-state index contributed by atoms with van der Waals surface area (Å²) in [6.45, 7) is 0. The molecule has 0 unspecified atom stereocenters. The number of hydrogen-bond donors (Lipinski definition) is 0. The predicted octanol–water partition coefficient (Wildman–Crippen LogP) is 2.68. The van der Waals surface area contributed by atoms with Gasteiger partial charge in [-0.2, -0.15) is 0 Å². The van der Waals surface area contributed by atoms with Crippen molar-refractivity contribution < 1.29 is 0 Å². The van der Waals surface area contributed by atoms with E-state index in [9.17, 15) is 0 Å². The van der Waals surface area contributed by atoms with E-state index in [2.05, 4.69) is 15.0 Å². The van der Waals surface area contributed by atoms with Gasteiger partial charge in [-0.3, -0.25) is 0 Å². The Kier molecular flexibility index (Phi) is 2.33. The van der Waals surface area contributed by atoms with Crippen LogP contribution in [-0.2, 0) is 12.8 Å². The summed E-state index contributed by atoms with van der Waals surface area (Å²) in [6, 6.07) is 3.65. The lowest BCUT2D eigenvalue weighted by Gasteiger charge is -2.05. The minimum atomic E-state index is 0.638. The molecule has 0 aromatic carbocycles. The molecule has 4 heteroatoms. The Balaban J connectivity index is 2.13. The highest BCUT2D eigenvalue weighted by Gasteiger charge is 2.17. The summed E-state index contributed by atoms with van der Waals surface area (Å²) in [4.78, 5) is 12.9. The van der Waals surface area contributed by atoms with E-state index in [1.807, 2.05) is 6.07 Å². The van der Waals surface area contributed by atoms with Crippen molar-refractivity contribution in [2.75, 3.05) is 0 Å². The summed E-state index contributed by atoms with van der Waals surface area (Å²) in [5.41, 5.74) is 3.07. The van der Waals surface area contributed by atoms with Crippen LogP contribution in [0.25, 0.3) is 11.5 Å². The van der Waals surface area contributed by atoms with Crippen molar-refractivity contribution in [3.8, 4) is 11.5 Å². The first-order chi connectivity index (χ1) is 7.84. The fourth-order valence-electron chi connectivity index (χ4n) is 2.04. The Morgan fingerprint density at radius 1 is 1.12 bits per heavy atom. The van der Waals surface area contributed by atoms with E-state index < -0.39 is 0 Å². The second-order valence-corrected chi connectivity index (χ2v) is 4.25. The van der Waals surface area contributed by atoms with Gasteiger partial charge >= 0.3 is 0 Å². The molecule has 0 N–H and O–H groups in total. The molecule has 0 saturated carbocycles. The zero-order valence-corrected chi connectivity index (χ0v) is 9.41. The van der Waals surface area contributed by atoms with Crippen LogP contribution in [0.5, 0.6) is 0 Å². The first kappa shape index (κ1) is 9.73. The minimum absolute atomic E-state index is 0.638. The van der Waals surface area contributed by atoms with Crippen LogP contribution in [0.3, 0.4) is 0 Å². The van der Waals surface area contributed by atoms with Crippen molar-refractivity contribution in [2.45, 2.75) is 19.3 Å². The van der Waals surface area contributed by atoms with Crippen LogP contribution in [0.1, 0.15) is 17.7 Å². The maximum absolute atomic E-state index is 6.23. The standard InChI is InChI=1S/C12H10ClN3/c13-9-7-11(12-14-5-2-6-15-12)16-10-4-1-3-8(9)10/h2,5-7H,1,3-4H2. The molecule has 0 atom stereocenters. The predicted molar refractivity (Wildman–Crippen MR) is 62.3 cm³/mol. The molecule has 2 heterocycles. The van der Waals surface area contributed by atoms with Gasteiger partial charge in [0.25, 0.3) is 0 Å². The monoisotopic (exact) mass is 231 g/mol. The Morgan fingerprint density at radius 3 is 2.75 bits per heavy atom. The number of pyridine rings is 1. The molecule has 0 saturated heterocycles. The van der Waals surface area contributed by atoms with Gasteiger partial charge in [0, 0.05) is 23.1 Å². The van der Waals surface area contributed by atoms with Crippen molar-refractivity contribution >= 4 is 11.6 Å². The maximum Gasteiger partial charge on any atom is 0.178 e. The van der Waals surface area contributed by atoms with Crippen molar-refractivity contribution in [3.05, 3.63) is 40.8 Å². The third-order valence-electron chi connectivity index (χ3n) is 2.79. The fourth-order valence-corrected chi connectivity index (χ4v) is 2.35. The van der Waals surface area contributed by atoms with Crippen LogP contribution in [0, 0.1) is 0 Å². The maximum atomic E-state index is 6.23. The Bertz CT molecular complexity index is 525. The van der Waals surface area contributed by atoms with Gasteiger partial charge in [-0.25, -0.2) is 15.0 Å². The quantitative estimate of drug-likeness (QED) is 0.758. The molecule has 2 aromatic rings. The number of aryl methyl sites for hydroxylation is 1. The van der Waals surface area contributed by atoms with Crippen molar-refractivity contribution in [1.82, 2.24) is 15.0 Å². The molecule has 16 heavy (non-hydrogen) atoms. The average molecular weight is 232 g/mol. The van der Waals surface area contributed by atoms with Crippen LogP contribution in [-0.4, -0.2) is 15.0 Å². The van der Waals surface area contributed by atoms with E-state index >= 15 is 0 Å². The van der Waals surface area contributed by atoms with E-state index in [0.717, 1.165) is 35.7 Å². The van der Waals surface area contributed by atoms with Crippen molar-refractivity contribution in [3.63, 3.8) is 0 Å². The topological polar surface area (TPSA) is 38.7 Å². The molecule has 1 aliphatic carbocycles. The van der Waals surface area contributed by atoms with Gasteiger partial charge < -0.3 is 0 Å². The van der Waals surface area contributed by atoms with Gasteiger partial charge in [0.2, 0.25) is 0 Å².